The number of methoxy groups -OCH3 is 1. The quantitative estimate of drug-likeness (QED) is 0.743. The normalized spacial score (nSPS) is 10.7. The van der Waals surface area contributed by atoms with Crippen LogP contribution in [0.15, 0.2) is 33.8 Å². The standard InChI is InChI=1S/C17H17N3O3S2/c1-10-4-5-14(23-3)12(6-10)13-9-24-16(18-13)19-15(21)7-20-11(2)8-25-17(20)22/h4-6,8-9H,7H2,1-3H3,(H,18,19,21). The highest BCUT2D eigenvalue weighted by Gasteiger charge is 2.13. The van der Waals surface area contributed by atoms with E-state index in [0.29, 0.717) is 5.13 Å². The molecule has 8 heteroatoms. The van der Waals surface area contributed by atoms with Gasteiger partial charge in [0.25, 0.3) is 0 Å². The molecule has 1 amide bonds. The molecule has 6 nitrogen and oxygen atoms in total. The number of carbonyl (C=O) groups excluding carboxylic acids is 1. The number of benzene rings is 1. The van der Waals surface area contributed by atoms with E-state index in [0.717, 1.165) is 39.6 Å². The second-order valence-electron chi connectivity index (χ2n) is 5.52. The fraction of sp³-hybridized carbons (Fsp3) is 0.235. The zero-order valence-corrected chi connectivity index (χ0v) is 15.7. The van der Waals surface area contributed by atoms with Crippen LogP contribution in [0.25, 0.3) is 11.3 Å². The molecule has 0 radical (unpaired) electrons. The third-order valence-corrected chi connectivity index (χ3v) is 5.30. The van der Waals surface area contributed by atoms with E-state index in [1.165, 1.54) is 15.9 Å². The number of nitrogens with one attached hydrogen (secondary N) is 1. The monoisotopic (exact) mass is 375 g/mol. The number of aryl methyl sites for hydroxylation is 2. The van der Waals surface area contributed by atoms with E-state index < -0.39 is 0 Å². The fourth-order valence-electron chi connectivity index (χ4n) is 2.38. The first-order chi connectivity index (χ1) is 12.0. The van der Waals surface area contributed by atoms with Crippen LogP contribution in [0.2, 0.25) is 0 Å². The van der Waals surface area contributed by atoms with E-state index in [9.17, 15) is 9.59 Å². The largest absolute Gasteiger partial charge is 0.496 e. The average molecular weight is 375 g/mol. The molecule has 3 aromatic rings. The minimum absolute atomic E-state index is 0.0170. The molecule has 0 aliphatic carbocycles. The molecule has 0 fully saturated rings. The number of ether oxygens (including phenoxy) is 1. The second kappa shape index (κ2) is 7.20. The van der Waals surface area contributed by atoms with Gasteiger partial charge in [-0.2, -0.15) is 0 Å². The minimum Gasteiger partial charge on any atom is -0.496 e. The van der Waals surface area contributed by atoms with E-state index in [1.807, 2.05) is 30.5 Å². The number of aromatic nitrogens is 2. The van der Waals surface area contributed by atoms with Crippen LogP contribution in [0.1, 0.15) is 11.3 Å². The van der Waals surface area contributed by atoms with Crippen LogP contribution in [-0.4, -0.2) is 22.6 Å². The van der Waals surface area contributed by atoms with E-state index in [2.05, 4.69) is 10.3 Å². The van der Waals surface area contributed by atoms with Crippen molar-refractivity contribution in [2.75, 3.05) is 12.4 Å². The highest BCUT2D eigenvalue weighted by atomic mass is 32.1. The summed E-state index contributed by atoms with van der Waals surface area (Å²) >= 11 is 2.42. The van der Waals surface area contributed by atoms with Gasteiger partial charge >= 0.3 is 4.87 Å². The third-order valence-electron chi connectivity index (χ3n) is 3.66. The predicted molar refractivity (Wildman–Crippen MR) is 101 cm³/mol. The Balaban J connectivity index is 1.77. The number of rotatable bonds is 5. The molecule has 0 saturated carbocycles. The molecule has 1 aromatic carbocycles. The summed E-state index contributed by atoms with van der Waals surface area (Å²) in [6.07, 6.45) is 0. The maximum Gasteiger partial charge on any atom is 0.307 e. The Morgan fingerprint density at radius 3 is 2.76 bits per heavy atom. The van der Waals surface area contributed by atoms with Gasteiger partial charge in [-0.15, -0.1) is 11.3 Å². The lowest BCUT2D eigenvalue weighted by Gasteiger charge is -2.07. The molecule has 3 rings (SSSR count). The van der Waals surface area contributed by atoms with Gasteiger partial charge in [0.15, 0.2) is 5.13 Å². The number of carbonyl (C=O) groups is 1. The van der Waals surface area contributed by atoms with Gasteiger partial charge in [0.1, 0.15) is 12.3 Å². The molecule has 0 atom stereocenters. The van der Waals surface area contributed by atoms with Crippen LogP contribution >= 0.6 is 22.7 Å². The van der Waals surface area contributed by atoms with Crippen LogP contribution in [0.5, 0.6) is 5.75 Å². The van der Waals surface area contributed by atoms with Gasteiger partial charge in [-0.3, -0.25) is 14.2 Å². The topological polar surface area (TPSA) is 73.2 Å². The summed E-state index contributed by atoms with van der Waals surface area (Å²) in [6, 6.07) is 5.86. The van der Waals surface area contributed by atoms with Crippen molar-refractivity contribution in [2.24, 2.45) is 0 Å². The zero-order chi connectivity index (χ0) is 18.0. The molecule has 2 heterocycles. The second-order valence-corrected chi connectivity index (χ2v) is 7.20. The Bertz CT molecular complexity index is 972. The lowest BCUT2D eigenvalue weighted by Crippen LogP contribution is -2.25. The summed E-state index contributed by atoms with van der Waals surface area (Å²) in [5, 5.41) is 6.85. The maximum atomic E-state index is 12.2. The van der Waals surface area contributed by atoms with Crippen molar-refractivity contribution in [1.82, 2.24) is 9.55 Å². The Labute approximate surface area is 152 Å². The van der Waals surface area contributed by atoms with Crippen LogP contribution in [0.4, 0.5) is 5.13 Å². The number of thiazole rings is 2. The summed E-state index contributed by atoms with van der Waals surface area (Å²) in [4.78, 5) is 28.2. The molecule has 0 aliphatic heterocycles. The van der Waals surface area contributed by atoms with Crippen molar-refractivity contribution >= 4 is 33.7 Å². The molecule has 130 valence electrons. The van der Waals surface area contributed by atoms with Gasteiger partial charge in [-0.05, 0) is 26.0 Å². The molecule has 0 saturated heterocycles. The SMILES string of the molecule is COc1ccc(C)cc1-c1csc(NC(=O)Cn2c(C)csc2=O)n1. The first kappa shape index (κ1) is 17.4. The Hall–Kier alpha value is -2.45. The number of hydrogen-bond acceptors (Lipinski definition) is 6. The van der Waals surface area contributed by atoms with Crippen molar-refractivity contribution in [3.05, 3.63) is 49.9 Å². The van der Waals surface area contributed by atoms with E-state index in [-0.39, 0.29) is 17.3 Å². The van der Waals surface area contributed by atoms with Crippen molar-refractivity contribution in [3.63, 3.8) is 0 Å². The van der Waals surface area contributed by atoms with Gasteiger partial charge in [0, 0.05) is 22.0 Å². The molecule has 0 bridgehead atoms. The molecule has 0 unspecified atom stereocenters. The average Bonchev–Trinajstić information content (AvgIpc) is 3.16. The van der Waals surface area contributed by atoms with Crippen LogP contribution < -0.4 is 14.9 Å². The first-order valence-electron chi connectivity index (χ1n) is 7.53. The highest BCUT2D eigenvalue weighted by Crippen LogP contribution is 2.32. The Morgan fingerprint density at radius 1 is 1.28 bits per heavy atom. The molecule has 0 aliphatic rings. The van der Waals surface area contributed by atoms with Gasteiger partial charge < -0.3 is 10.1 Å². The lowest BCUT2D eigenvalue weighted by atomic mass is 10.1. The molecule has 1 N–H and O–H groups in total. The third kappa shape index (κ3) is 3.80. The smallest absolute Gasteiger partial charge is 0.307 e. The van der Waals surface area contributed by atoms with Gasteiger partial charge in [0.05, 0.1) is 12.8 Å². The van der Waals surface area contributed by atoms with Crippen LogP contribution in [0, 0.1) is 13.8 Å². The van der Waals surface area contributed by atoms with Gasteiger partial charge in [-0.25, -0.2) is 4.98 Å². The summed E-state index contributed by atoms with van der Waals surface area (Å²) < 4.78 is 6.82. The summed E-state index contributed by atoms with van der Waals surface area (Å²) in [5.74, 6) is 0.454. The van der Waals surface area contributed by atoms with Crippen LogP contribution in [0.3, 0.4) is 0 Å². The summed E-state index contributed by atoms with van der Waals surface area (Å²) in [5.41, 5.74) is 3.49. The molecule has 2 aromatic heterocycles. The highest BCUT2D eigenvalue weighted by molar-refractivity contribution is 7.14. The number of anilines is 1. The van der Waals surface area contributed by atoms with Crippen molar-refractivity contribution in [2.45, 2.75) is 20.4 Å². The first-order valence-corrected chi connectivity index (χ1v) is 9.29. The Kier molecular flexibility index (Phi) is 5.00. The molecule has 25 heavy (non-hydrogen) atoms. The van der Waals surface area contributed by atoms with Crippen molar-refractivity contribution in [3.8, 4) is 17.0 Å². The number of nitrogens with zero attached hydrogens (tertiary/aromatic N) is 2. The summed E-state index contributed by atoms with van der Waals surface area (Å²) in [6.45, 7) is 3.78. The van der Waals surface area contributed by atoms with E-state index in [1.54, 1.807) is 19.4 Å². The van der Waals surface area contributed by atoms with Crippen molar-refractivity contribution in [1.29, 1.82) is 0 Å². The predicted octanol–water partition coefficient (Wildman–Crippen LogP) is 3.30. The maximum absolute atomic E-state index is 12.2. The number of hydrogen-bond donors (Lipinski definition) is 1. The van der Waals surface area contributed by atoms with E-state index in [4.69, 9.17) is 4.74 Å². The van der Waals surface area contributed by atoms with E-state index >= 15 is 0 Å². The van der Waals surface area contributed by atoms with Crippen LogP contribution in [-0.2, 0) is 11.3 Å². The van der Waals surface area contributed by atoms with Gasteiger partial charge in [0.2, 0.25) is 5.91 Å². The lowest BCUT2D eigenvalue weighted by molar-refractivity contribution is -0.116. The molecular weight excluding hydrogens is 358 g/mol. The van der Waals surface area contributed by atoms with Crippen molar-refractivity contribution < 1.29 is 9.53 Å². The molecular formula is C17H17N3O3S2. The molecule has 0 spiro atoms. The zero-order valence-electron chi connectivity index (χ0n) is 14.0. The number of amides is 1. The van der Waals surface area contributed by atoms with Gasteiger partial charge in [-0.1, -0.05) is 23.0 Å². The summed E-state index contributed by atoms with van der Waals surface area (Å²) in [7, 11) is 1.62. The Morgan fingerprint density at radius 2 is 2.08 bits per heavy atom. The fourth-order valence-corrected chi connectivity index (χ4v) is 3.84. The minimum atomic E-state index is -0.277.